The molecule has 0 amide bonds. The van der Waals surface area contributed by atoms with Gasteiger partial charge in [0.15, 0.2) is 5.82 Å². The predicted molar refractivity (Wildman–Crippen MR) is 117 cm³/mol. The fraction of sp³-hybridized carbons (Fsp3) is 0.348. The molecule has 2 aliphatic rings. The number of alkyl halides is 4. The molecule has 5 rings (SSSR count). The molecular weight excluding hydrogens is 455 g/mol. The highest BCUT2D eigenvalue weighted by molar-refractivity contribution is 6.06. The van der Waals surface area contributed by atoms with Crippen LogP contribution in [0.3, 0.4) is 0 Å². The van der Waals surface area contributed by atoms with Crippen LogP contribution in [0.5, 0.6) is 0 Å². The average molecular weight is 476 g/mol. The molecule has 0 atom stereocenters. The van der Waals surface area contributed by atoms with Crippen molar-refractivity contribution in [3.8, 4) is 0 Å². The molecule has 6 nitrogen and oxygen atoms in total. The van der Waals surface area contributed by atoms with E-state index in [-0.39, 0.29) is 31.9 Å². The Morgan fingerprint density at radius 3 is 2.59 bits per heavy atom. The fourth-order valence-corrected chi connectivity index (χ4v) is 4.08. The summed E-state index contributed by atoms with van der Waals surface area (Å²) in [5, 5.41) is 7.00. The van der Waals surface area contributed by atoms with Crippen LogP contribution >= 0.6 is 0 Å². The van der Waals surface area contributed by atoms with E-state index >= 15 is 8.78 Å². The molecule has 1 fully saturated rings. The molecule has 3 aromatic rings. The van der Waals surface area contributed by atoms with E-state index < -0.39 is 29.1 Å². The lowest BCUT2D eigenvalue weighted by Crippen LogP contribution is -2.24. The highest BCUT2D eigenvalue weighted by atomic mass is 19.3. The van der Waals surface area contributed by atoms with Crippen LogP contribution in [-0.4, -0.2) is 50.9 Å². The van der Waals surface area contributed by atoms with Crippen molar-refractivity contribution in [2.75, 3.05) is 25.0 Å². The summed E-state index contributed by atoms with van der Waals surface area (Å²) in [5.74, 6) is -7.19. The molecule has 0 bridgehead atoms. The largest absolute Gasteiger partial charge is 0.333 e. The Balaban J connectivity index is 1.54. The molecule has 0 unspecified atom stereocenters. The van der Waals surface area contributed by atoms with Gasteiger partial charge in [0.25, 0.3) is 5.92 Å². The minimum Gasteiger partial charge on any atom is -0.323 e. The van der Waals surface area contributed by atoms with Gasteiger partial charge in [-0.3, -0.25) is 9.89 Å². The molecule has 178 valence electrons. The zero-order valence-electron chi connectivity index (χ0n) is 18.2. The maximum absolute atomic E-state index is 15.3. The Hall–Kier alpha value is -3.34. The number of amidine groups is 1. The summed E-state index contributed by atoms with van der Waals surface area (Å²) >= 11 is 0. The van der Waals surface area contributed by atoms with Crippen molar-refractivity contribution in [2.45, 2.75) is 31.7 Å². The second kappa shape index (κ2) is 8.15. The Labute approximate surface area is 191 Å². The Morgan fingerprint density at radius 2 is 1.94 bits per heavy atom. The third-order valence-corrected chi connectivity index (χ3v) is 5.79. The number of aromatic nitrogens is 3. The van der Waals surface area contributed by atoms with Gasteiger partial charge in [0.2, 0.25) is 5.82 Å². The molecule has 34 heavy (non-hydrogen) atoms. The lowest BCUT2D eigenvalue weighted by Gasteiger charge is -2.17. The van der Waals surface area contributed by atoms with Crippen LogP contribution in [0.2, 0.25) is 0 Å². The van der Waals surface area contributed by atoms with Crippen LogP contribution in [-0.2, 0) is 12.5 Å². The molecule has 1 aromatic carbocycles. The van der Waals surface area contributed by atoms with E-state index in [0.29, 0.717) is 23.5 Å². The first-order valence-corrected chi connectivity index (χ1v) is 10.7. The van der Waals surface area contributed by atoms with Gasteiger partial charge in [-0.05, 0) is 54.5 Å². The van der Waals surface area contributed by atoms with Crippen molar-refractivity contribution in [1.82, 2.24) is 19.5 Å². The minimum absolute atomic E-state index is 0.106. The molecule has 0 spiro atoms. The van der Waals surface area contributed by atoms with Gasteiger partial charge in [0.05, 0.1) is 13.1 Å². The smallest absolute Gasteiger partial charge is 0.323 e. The number of hydrogen-bond donors (Lipinski definition) is 1. The third kappa shape index (κ3) is 4.39. The summed E-state index contributed by atoms with van der Waals surface area (Å²) in [5.41, 5.74) is 1.58. The molecule has 1 saturated heterocycles. The van der Waals surface area contributed by atoms with Gasteiger partial charge in [0.1, 0.15) is 17.2 Å². The molecule has 0 aliphatic carbocycles. The topological polar surface area (TPSA) is 57.8 Å². The molecule has 2 aliphatic heterocycles. The second-order valence-corrected chi connectivity index (χ2v) is 8.68. The first-order valence-electron chi connectivity index (χ1n) is 10.7. The van der Waals surface area contributed by atoms with E-state index in [1.165, 1.54) is 10.7 Å². The quantitative estimate of drug-likeness (QED) is 0.546. The van der Waals surface area contributed by atoms with Crippen molar-refractivity contribution in [2.24, 2.45) is 4.99 Å². The number of rotatable bonds is 5. The summed E-state index contributed by atoms with van der Waals surface area (Å²) in [6, 6.07) is 5.54. The number of fused-ring (bicyclic) bond motifs is 1. The van der Waals surface area contributed by atoms with E-state index in [2.05, 4.69) is 20.4 Å². The highest BCUT2D eigenvalue weighted by Gasteiger charge is 2.40. The zero-order chi connectivity index (χ0) is 24.1. The Bertz CT molecular complexity index is 1300. The summed E-state index contributed by atoms with van der Waals surface area (Å²) < 4.78 is 72.3. The summed E-state index contributed by atoms with van der Waals surface area (Å²) in [7, 11) is 0. The number of likely N-dealkylation sites (tertiary alicyclic amines) is 1. The standard InChI is InChI=1S/C23H21F5N6/c1-14-8-19(29-10-14)30-20-18-9-15(11-33-7-6-22(25,26)13-33)12-34(18)32-21(31-20)23(27,28)16-2-4-17(24)5-3-16/h2-5,8-9,12H,6-7,10-11,13H2,1H3,(H,29,30,31,32). The fourth-order valence-electron chi connectivity index (χ4n) is 4.08. The molecule has 4 heterocycles. The van der Waals surface area contributed by atoms with E-state index in [0.717, 1.165) is 29.8 Å². The van der Waals surface area contributed by atoms with Gasteiger partial charge in [0, 0.05) is 31.3 Å². The minimum atomic E-state index is -3.61. The van der Waals surface area contributed by atoms with Gasteiger partial charge in [-0.15, -0.1) is 5.10 Å². The summed E-state index contributed by atoms with van der Waals surface area (Å²) in [4.78, 5) is 10.0. The van der Waals surface area contributed by atoms with Crippen molar-refractivity contribution in [3.63, 3.8) is 0 Å². The third-order valence-electron chi connectivity index (χ3n) is 5.79. The van der Waals surface area contributed by atoms with E-state index in [1.807, 2.05) is 6.92 Å². The lowest BCUT2D eigenvalue weighted by atomic mass is 10.1. The monoisotopic (exact) mass is 476 g/mol. The molecule has 11 heteroatoms. The number of nitrogens with one attached hydrogen (secondary N) is 1. The Morgan fingerprint density at radius 1 is 1.18 bits per heavy atom. The normalized spacial score (nSPS) is 18.4. The van der Waals surface area contributed by atoms with Gasteiger partial charge in [-0.25, -0.2) is 22.7 Å². The molecule has 1 N–H and O–H groups in total. The van der Waals surface area contributed by atoms with E-state index in [1.54, 1.807) is 17.0 Å². The van der Waals surface area contributed by atoms with Gasteiger partial charge in [-0.1, -0.05) is 0 Å². The Kier molecular flexibility index (Phi) is 5.38. The molecule has 2 aromatic heterocycles. The van der Waals surface area contributed by atoms with Crippen LogP contribution in [0.1, 0.15) is 30.3 Å². The average Bonchev–Trinajstić information content (AvgIpc) is 3.46. The number of nitrogens with zero attached hydrogens (tertiary/aromatic N) is 5. The zero-order valence-corrected chi connectivity index (χ0v) is 18.2. The number of anilines is 1. The van der Waals surface area contributed by atoms with Crippen molar-refractivity contribution in [3.05, 3.63) is 70.9 Å². The van der Waals surface area contributed by atoms with Gasteiger partial charge in [-0.2, -0.15) is 8.78 Å². The summed E-state index contributed by atoms with van der Waals surface area (Å²) in [6.07, 6.45) is 3.10. The van der Waals surface area contributed by atoms with Gasteiger partial charge >= 0.3 is 5.92 Å². The second-order valence-electron chi connectivity index (χ2n) is 8.68. The van der Waals surface area contributed by atoms with Crippen LogP contribution in [0, 0.1) is 5.82 Å². The van der Waals surface area contributed by atoms with Crippen molar-refractivity contribution < 1.29 is 22.0 Å². The number of hydrogen-bond acceptors (Lipinski definition) is 5. The predicted octanol–water partition coefficient (Wildman–Crippen LogP) is 4.62. The summed E-state index contributed by atoms with van der Waals surface area (Å²) in [6.45, 7) is 2.48. The van der Waals surface area contributed by atoms with Crippen LogP contribution < -0.4 is 5.32 Å². The molecule has 0 radical (unpaired) electrons. The number of halogens is 5. The molecular formula is C23H21F5N6. The van der Waals surface area contributed by atoms with Crippen LogP contribution in [0.15, 0.2) is 53.2 Å². The van der Waals surface area contributed by atoms with Crippen molar-refractivity contribution >= 4 is 17.2 Å². The van der Waals surface area contributed by atoms with Gasteiger partial charge < -0.3 is 5.32 Å². The maximum atomic E-state index is 15.3. The number of benzene rings is 1. The van der Waals surface area contributed by atoms with Crippen molar-refractivity contribution in [1.29, 1.82) is 0 Å². The van der Waals surface area contributed by atoms with E-state index in [9.17, 15) is 13.2 Å². The first kappa shape index (κ1) is 22.5. The molecule has 0 saturated carbocycles. The lowest BCUT2D eigenvalue weighted by molar-refractivity contribution is 0.0115. The van der Waals surface area contributed by atoms with E-state index in [4.69, 9.17) is 0 Å². The van der Waals surface area contributed by atoms with Crippen LogP contribution in [0.4, 0.5) is 27.8 Å². The SMILES string of the molecule is CC1=CC(Nc2nc(C(F)(F)c3ccc(F)cc3)nn3cc(CN4CCC(F)(F)C4)cc23)=NC1. The number of aliphatic imine (C=N–C) groups is 1. The van der Waals surface area contributed by atoms with Crippen LogP contribution in [0.25, 0.3) is 5.52 Å². The maximum Gasteiger partial charge on any atom is 0.333 e. The first-order chi connectivity index (χ1) is 16.1. The highest BCUT2D eigenvalue weighted by Crippen LogP contribution is 2.35.